The highest BCUT2D eigenvalue weighted by Crippen LogP contribution is 2.39. The molecule has 0 saturated carbocycles. The Morgan fingerprint density at radius 2 is 1.00 bits per heavy atom. The molecule has 0 atom stereocenters. The number of rotatable bonds is 5. The van der Waals surface area contributed by atoms with Crippen molar-refractivity contribution in [3.63, 3.8) is 0 Å². The first kappa shape index (κ1) is 25.4. The van der Waals surface area contributed by atoms with Gasteiger partial charge in [-0.15, -0.1) is 0 Å². The molecule has 0 aliphatic carbocycles. The third-order valence-electron chi connectivity index (χ3n) is 8.76. The van der Waals surface area contributed by atoms with Gasteiger partial charge in [-0.1, -0.05) is 91.0 Å². The molecule has 7 aromatic carbocycles. The molecular formula is C42H28N2O. The summed E-state index contributed by atoms with van der Waals surface area (Å²) in [5.41, 5.74) is 11.0. The number of hydrogen-bond acceptors (Lipinski definition) is 2. The Hall–Kier alpha value is -6.06. The summed E-state index contributed by atoms with van der Waals surface area (Å²) < 4.78 is 8.51. The van der Waals surface area contributed by atoms with Crippen LogP contribution >= 0.6 is 0 Å². The highest BCUT2D eigenvalue weighted by Gasteiger charge is 2.16. The third-order valence-corrected chi connectivity index (χ3v) is 8.76. The summed E-state index contributed by atoms with van der Waals surface area (Å²) >= 11 is 0. The minimum absolute atomic E-state index is 0.905. The zero-order valence-electron chi connectivity index (χ0n) is 24.5. The van der Waals surface area contributed by atoms with E-state index in [4.69, 9.17) is 4.42 Å². The number of furan rings is 1. The van der Waals surface area contributed by atoms with Crippen LogP contribution < -0.4 is 4.90 Å². The van der Waals surface area contributed by atoms with Gasteiger partial charge >= 0.3 is 0 Å². The van der Waals surface area contributed by atoms with Crippen molar-refractivity contribution in [2.45, 2.75) is 0 Å². The number of aromatic nitrogens is 1. The van der Waals surface area contributed by atoms with Crippen molar-refractivity contribution in [1.29, 1.82) is 0 Å². The maximum Gasteiger partial charge on any atom is 0.135 e. The van der Waals surface area contributed by atoms with E-state index in [1.54, 1.807) is 0 Å². The van der Waals surface area contributed by atoms with Crippen LogP contribution in [0.15, 0.2) is 174 Å². The van der Waals surface area contributed by atoms with Crippen LogP contribution in [0.1, 0.15) is 0 Å². The van der Waals surface area contributed by atoms with Crippen LogP contribution in [0.4, 0.5) is 17.1 Å². The van der Waals surface area contributed by atoms with Crippen molar-refractivity contribution >= 4 is 60.8 Å². The van der Waals surface area contributed by atoms with E-state index in [9.17, 15) is 0 Å². The summed E-state index contributed by atoms with van der Waals surface area (Å²) in [6.07, 6.45) is 0. The standard InChI is InChI=1S/C42H28N2O/c1-3-13-31(14-4-1)43(32-15-5-2-6-16-32)33-17-11-12-29(26-33)30-22-24-40-37(27-30)35-18-7-9-20-39(35)44(40)34-23-25-42-38(28-34)36-19-8-10-21-41(36)45-42/h1-28H. The maximum atomic E-state index is 6.13. The summed E-state index contributed by atoms with van der Waals surface area (Å²) in [6, 6.07) is 60.2. The van der Waals surface area contributed by atoms with E-state index < -0.39 is 0 Å². The zero-order chi connectivity index (χ0) is 29.7. The molecule has 0 N–H and O–H groups in total. The fourth-order valence-corrected chi connectivity index (χ4v) is 6.71. The molecule has 0 aliphatic heterocycles. The van der Waals surface area contributed by atoms with Crippen molar-refractivity contribution < 1.29 is 4.42 Å². The molecule has 0 bridgehead atoms. The van der Waals surface area contributed by atoms with Gasteiger partial charge in [0.25, 0.3) is 0 Å². The summed E-state index contributed by atoms with van der Waals surface area (Å²) in [6.45, 7) is 0. The van der Waals surface area contributed by atoms with Crippen molar-refractivity contribution in [1.82, 2.24) is 4.57 Å². The van der Waals surface area contributed by atoms with Crippen molar-refractivity contribution in [2.75, 3.05) is 4.90 Å². The first-order valence-corrected chi connectivity index (χ1v) is 15.3. The molecule has 2 aromatic heterocycles. The minimum atomic E-state index is 0.905. The van der Waals surface area contributed by atoms with Crippen LogP contribution in [-0.2, 0) is 0 Å². The second-order valence-electron chi connectivity index (χ2n) is 11.4. The summed E-state index contributed by atoms with van der Waals surface area (Å²) in [5.74, 6) is 0. The average molecular weight is 577 g/mol. The Kier molecular flexibility index (Phi) is 5.82. The van der Waals surface area contributed by atoms with Gasteiger partial charge in [-0.2, -0.15) is 0 Å². The summed E-state index contributed by atoms with van der Waals surface area (Å²) in [5, 5.41) is 4.73. The van der Waals surface area contributed by atoms with Crippen LogP contribution in [0.2, 0.25) is 0 Å². The van der Waals surface area contributed by atoms with E-state index in [1.165, 1.54) is 32.9 Å². The molecule has 0 saturated heterocycles. The van der Waals surface area contributed by atoms with Gasteiger partial charge in [0, 0.05) is 44.3 Å². The molecule has 9 aromatic rings. The van der Waals surface area contributed by atoms with Crippen molar-refractivity contribution in [2.24, 2.45) is 0 Å². The molecule has 0 amide bonds. The molecule has 0 spiro atoms. The molecule has 0 unspecified atom stereocenters. The summed E-state index contributed by atoms with van der Waals surface area (Å²) in [4.78, 5) is 2.31. The lowest BCUT2D eigenvalue weighted by Crippen LogP contribution is -2.09. The van der Waals surface area contributed by atoms with Crippen LogP contribution in [0.25, 0.3) is 60.6 Å². The predicted molar refractivity (Wildman–Crippen MR) is 188 cm³/mol. The Morgan fingerprint density at radius 1 is 0.378 bits per heavy atom. The second-order valence-corrected chi connectivity index (χ2v) is 11.4. The zero-order valence-corrected chi connectivity index (χ0v) is 24.5. The smallest absolute Gasteiger partial charge is 0.135 e. The van der Waals surface area contributed by atoms with Gasteiger partial charge in [-0.05, 0) is 90.0 Å². The Balaban J connectivity index is 1.20. The SMILES string of the molecule is c1ccc(N(c2ccccc2)c2cccc(-c3ccc4c(c3)c3ccccc3n4-c3ccc4oc5ccccc5c4c3)c2)cc1. The van der Waals surface area contributed by atoms with Crippen LogP contribution in [-0.4, -0.2) is 4.57 Å². The molecule has 212 valence electrons. The largest absolute Gasteiger partial charge is 0.456 e. The van der Waals surface area contributed by atoms with Crippen molar-refractivity contribution in [3.8, 4) is 16.8 Å². The van der Waals surface area contributed by atoms with Crippen LogP contribution in [0, 0.1) is 0 Å². The van der Waals surface area contributed by atoms with Gasteiger partial charge in [0.1, 0.15) is 11.2 Å². The number of hydrogen-bond donors (Lipinski definition) is 0. The van der Waals surface area contributed by atoms with Gasteiger partial charge in [0.2, 0.25) is 0 Å². The highest BCUT2D eigenvalue weighted by molar-refractivity contribution is 6.11. The second kappa shape index (κ2) is 10.3. The lowest BCUT2D eigenvalue weighted by atomic mass is 10.0. The van der Waals surface area contributed by atoms with E-state index >= 15 is 0 Å². The van der Waals surface area contributed by atoms with Gasteiger partial charge < -0.3 is 13.9 Å². The first-order valence-electron chi connectivity index (χ1n) is 15.3. The van der Waals surface area contributed by atoms with Crippen molar-refractivity contribution in [3.05, 3.63) is 170 Å². The van der Waals surface area contributed by atoms with Gasteiger partial charge in [-0.25, -0.2) is 0 Å². The normalized spacial score (nSPS) is 11.6. The fraction of sp³-hybridized carbons (Fsp3) is 0. The minimum Gasteiger partial charge on any atom is -0.456 e. The van der Waals surface area contributed by atoms with E-state index in [0.717, 1.165) is 44.7 Å². The molecule has 45 heavy (non-hydrogen) atoms. The molecule has 0 aliphatic rings. The maximum absolute atomic E-state index is 6.13. The number of para-hydroxylation sites is 4. The molecule has 0 fully saturated rings. The topological polar surface area (TPSA) is 21.3 Å². The average Bonchev–Trinajstić information content (AvgIpc) is 3.64. The number of nitrogens with zero attached hydrogens (tertiary/aromatic N) is 2. The molecular weight excluding hydrogens is 548 g/mol. The molecule has 3 nitrogen and oxygen atoms in total. The Morgan fingerprint density at radius 3 is 1.80 bits per heavy atom. The van der Waals surface area contributed by atoms with E-state index in [0.29, 0.717) is 0 Å². The quantitative estimate of drug-likeness (QED) is 0.203. The van der Waals surface area contributed by atoms with Crippen LogP contribution in [0.5, 0.6) is 0 Å². The summed E-state index contributed by atoms with van der Waals surface area (Å²) in [7, 11) is 0. The molecule has 9 rings (SSSR count). The van der Waals surface area contributed by atoms with E-state index in [2.05, 4.69) is 167 Å². The molecule has 3 heteroatoms. The van der Waals surface area contributed by atoms with Crippen LogP contribution in [0.3, 0.4) is 0 Å². The van der Waals surface area contributed by atoms with Gasteiger partial charge in [0.05, 0.1) is 11.0 Å². The number of benzene rings is 7. The molecule has 0 radical (unpaired) electrons. The lowest BCUT2D eigenvalue weighted by Gasteiger charge is -2.26. The van der Waals surface area contributed by atoms with Gasteiger partial charge in [0.15, 0.2) is 0 Å². The number of anilines is 3. The Labute approximate surface area is 260 Å². The third kappa shape index (κ3) is 4.21. The monoisotopic (exact) mass is 576 g/mol. The van der Waals surface area contributed by atoms with Gasteiger partial charge in [-0.3, -0.25) is 0 Å². The van der Waals surface area contributed by atoms with E-state index in [1.807, 2.05) is 12.1 Å². The fourth-order valence-electron chi connectivity index (χ4n) is 6.71. The first-order chi connectivity index (χ1) is 22.3. The lowest BCUT2D eigenvalue weighted by molar-refractivity contribution is 0.669. The highest BCUT2D eigenvalue weighted by atomic mass is 16.3. The Bertz CT molecular complexity index is 2450. The predicted octanol–water partition coefficient (Wildman–Crippen LogP) is 11.8. The van der Waals surface area contributed by atoms with E-state index in [-0.39, 0.29) is 0 Å². The number of fused-ring (bicyclic) bond motifs is 6. The molecule has 2 heterocycles.